The molecule has 194 valence electrons. The fourth-order valence-electron chi connectivity index (χ4n) is 6.38. The number of halogens is 2. The Hall–Kier alpha value is -3.30. The van der Waals surface area contributed by atoms with E-state index in [4.69, 9.17) is 9.47 Å². The van der Waals surface area contributed by atoms with Crippen LogP contribution in [0.25, 0.3) is 27.5 Å². The first-order valence-corrected chi connectivity index (χ1v) is 12.8. The zero-order chi connectivity index (χ0) is 25.7. The highest BCUT2D eigenvalue weighted by Crippen LogP contribution is 2.49. The standard InChI is InChI=1S/C28H29F2N3O4/c1-36-28(27(34)35)10-6-16(7-11-28)22-23-21(14-18-15-31-32-25(18)24(23)30)33(20-4-2-19(29)3-5-20)26(22)17-8-12-37-13-9-17/h2-5,14-17H,6-13H2,1H3,(H,31,32)(H,34,35)/t16-,28+. The molecule has 6 rings (SSSR count). The molecule has 3 heterocycles. The number of carboxylic acid groups (broad SMARTS) is 1. The van der Waals surface area contributed by atoms with Gasteiger partial charge in [-0.05, 0) is 80.3 Å². The lowest BCUT2D eigenvalue weighted by molar-refractivity contribution is -0.166. The van der Waals surface area contributed by atoms with Crippen LogP contribution in [0.1, 0.15) is 61.6 Å². The lowest BCUT2D eigenvalue weighted by Gasteiger charge is -2.36. The van der Waals surface area contributed by atoms with Crippen molar-refractivity contribution >= 4 is 27.8 Å². The zero-order valence-corrected chi connectivity index (χ0v) is 20.6. The Bertz CT molecular complexity index is 1460. The molecule has 9 heteroatoms. The summed E-state index contributed by atoms with van der Waals surface area (Å²) in [5.74, 6) is -1.60. The smallest absolute Gasteiger partial charge is 0.335 e. The maximum atomic E-state index is 16.3. The summed E-state index contributed by atoms with van der Waals surface area (Å²) in [6, 6.07) is 8.22. The second-order valence-corrected chi connectivity index (χ2v) is 10.2. The Labute approximate surface area is 212 Å². The van der Waals surface area contributed by atoms with Crippen molar-refractivity contribution in [3.05, 3.63) is 59.4 Å². The fourth-order valence-corrected chi connectivity index (χ4v) is 6.38. The molecule has 0 radical (unpaired) electrons. The number of benzene rings is 2. The SMILES string of the molecule is CO[C@]1(C(=O)O)CC[C@H](c2c(C3CCOCC3)n(-c3ccc(F)cc3)c3cc4cn[nH]c4c(F)c32)CC1. The van der Waals surface area contributed by atoms with Crippen molar-refractivity contribution in [2.45, 2.75) is 56.0 Å². The minimum Gasteiger partial charge on any atom is -0.479 e. The third kappa shape index (κ3) is 3.83. The van der Waals surface area contributed by atoms with Gasteiger partial charge in [-0.25, -0.2) is 13.6 Å². The zero-order valence-electron chi connectivity index (χ0n) is 20.6. The van der Waals surface area contributed by atoms with Crippen molar-refractivity contribution in [3.63, 3.8) is 0 Å². The quantitative estimate of drug-likeness (QED) is 0.355. The van der Waals surface area contributed by atoms with E-state index in [9.17, 15) is 14.3 Å². The van der Waals surface area contributed by atoms with Crippen molar-refractivity contribution in [1.29, 1.82) is 0 Å². The normalized spacial score (nSPS) is 23.2. The number of aromatic amines is 1. The summed E-state index contributed by atoms with van der Waals surface area (Å²) in [5.41, 5.74) is 2.51. The number of nitrogens with one attached hydrogen (secondary N) is 1. The lowest BCUT2D eigenvalue weighted by atomic mass is 9.74. The molecule has 0 unspecified atom stereocenters. The highest BCUT2D eigenvalue weighted by Gasteiger charge is 2.44. The second-order valence-electron chi connectivity index (χ2n) is 10.2. The maximum Gasteiger partial charge on any atom is 0.335 e. The van der Waals surface area contributed by atoms with E-state index in [0.29, 0.717) is 60.7 Å². The number of methoxy groups -OCH3 is 1. The predicted octanol–water partition coefficient (Wildman–Crippen LogP) is 5.81. The van der Waals surface area contributed by atoms with E-state index in [0.717, 1.165) is 29.8 Å². The monoisotopic (exact) mass is 509 g/mol. The summed E-state index contributed by atoms with van der Waals surface area (Å²) >= 11 is 0. The van der Waals surface area contributed by atoms with Crippen LogP contribution >= 0.6 is 0 Å². The van der Waals surface area contributed by atoms with Crippen molar-refractivity contribution in [1.82, 2.24) is 14.8 Å². The van der Waals surface area contributed by atoms with E-state index in [1.807, 2.05) is 6.07 Å². The Morgan fingerprint density at radius 3 is 2.49 bits per heavy atom. The molecule has 2 fully saturated rings. The number of aromatic nitrogens is 3. The van der Waals surface area contributed by atoms with Crippen LogP contribution in [-0.4, -0.2) is 51.8 Å². The van der Waals surface area contributed by atoms with Gasteiger partial charge in [0.1, 0.15) is 11.3 Å². The lowest BCUT2D eigenvalue weighted by Crippen LogP contribution is -2.43. The van der Waals surface area contributed by atoms with Crippen LogP contribution in [0.15, 0.2) is 36.5 Å². The van der Waals surface area contributed by atoms with E-state index < -0.39 is 11.6 Å². The maximum absolute atomic E-state index is 16.3. The first-order chi connectivity index (χ1) is 17.9. The van der Waals surface area contributed by atoms with Gasteiger partial charge in [0.15, 0.2) is 11.4 Å². The number of rotatable bonds is 5. The van der Waals surface area contributed by atoms with Crippen molar-refractivity contribution in [2.24, 2.45) is 0 Å². The minimum atomic E-state index is -1.22. The van der Waals surface area contributed by atoms with Gasteiger partial charge in [-0.15, -0.1) is 0 Å². The van der Waals surface area contributed by atoms with E-state index in [1.54, 1.807) is 18.3 Å². The molecule has 2 aromatic heterocycles. The number of nitrogens with zero attached hydrogens (tertiary/aromatic N) is 2. The Morgan fingerprint density at radius 2 is 1.84 bits per heavy atom. The van der Waals surface area contributed by atoms with E-state index in [2.05, 4.69) is 14.8 Å². The third-order valence-corrected chi connectivity index (χ3v) is 8.36. The Kier molecular flexibility index (Phi) is 6.00. The Balaban J connectivity index is 1.62. The molecule has 2 aromatic carbocycles. The van der Waals surface area contributed by atoms with Crippen LogP contribution in [0.4, 0.5) is 8.78 Å². The Morgan fingerprint density at radius 1 is 1.14 bits per heavy atom. The molecule has 2 aliphatic rings. The molecular weight excluding hydrogens is 480 g/mol. The van der Waals surface area contributed by atoms with Gasteiger partial charge in [0.25, 0.3) is 0 Å². The van der Waals surface area contributed by atoms with Crippen LogP contribution in [0.2, 0.25) is 0 Å². The van der Waals surface area contributed by atoms with E-state index in [1.165, 1.54) is 19.2 Å². The van der Waals surface area contributed by atoms with E-state index >= 15 is 4.39 Å². The van der Waals surface area contributed by atoms with Gasteiger partial charge < -0.3 is 19.1 Å². The molecule has 1 aliphatic heterocycles. The highest BCUT2D eigenvalue weighted by atomic mass is 19.1. The predicted molar refractivity (Wildman–Crippen MR) is 134 cm³/mol. The van der Waals surface area contributed by atoms with Gasteiger partial charge in [-0.1, -0.05) is 0 Å². The molecule has 0 bridgehead atoms. The number of hydrogen-bond donors (Lipinski definition) is 2. The first kappa shape index (κ1) is 24.1. The van der Waals surface area contributed by atoms with Crippen LogP contribution in [-0.2, 0) is 14.3 Å². The van der Waals surface area contributed by atoms with Crippen LogP contribution in [0, 0.1) is 11.6 Å². The number of ether oxygens (including phenoxy) is 2. The molecule has 0 atom stereocenters. The second kappa shape index (κ2) is 9.22. The molecule has 1 saturated heterocycles. The number of aliphatic carboxylic acids is 1. The minimum absolute atomic E-state index is 0.0560. The summed E-state index contributed by atoms with van der Waals surface area (Å²) in [6.45, 7) is 1.22. The summed E-state index contributed by atoms with van der Waals surface area (Å²) in [6.07, 6.45) is 4.97. The van der Waals surface area contributed by atoms with Gasteiger partial charge in [0, 0.05) is 48.4 Å². The number of fused-ring (bicyclic) bond motifs is 2. The summed E-state index contributed by atoms with van der Waals surface area (Å²) in [7, 11) is 1.44. The van der Waals surface area contributed by atoms with Gasteiger partial charge in [-0.3, -0.25) is 5.10 Å². The topological polar surface area (TPSA) is 89.4 Å². The molecule has 0 amide bonds. The van der Waals surface area contributed by atoms with Crippen LogP contribution < -0.4 is 0 Å². The highest BCUT2D eigenvalue weighted by molar-refractivity contribution is 6.00. The molecule has 7 nitrogen and oxygen atoms in total. The summed E-state index contributed by atoms with van der Waals surface area (Å²) in [4.78, 5) is 12.0. The number of carboxylic acids is 1. The summed E-state index contributed by atoms with van der Waals surface area (Å²) in [5, 5.41) is 17.9. The van der Waals surface area contributed by atoms with Gasteiger partial charge in [-0.2, -0.15) is 5.10 Å². The third-order valence-electron chi connectivity index (χ3n) is 8.36. The van der Waals surface area contributed by atoms with Crippen LogP contribution in [0.5, 0.6) is 0 Å². The molecule has 37 heavy (non-hydrogen) atoms. The summed E-state index contributed by atoms with van der Waals surface area (Å²) < 4.78 is 43.4. The molecule has 0 spiro atoms. The molecule has 2 N–H and O–H groups in total. The molecule has 1 saturated carbocycles. The number of hydrogen-bond acceptors (Lipinski definition) is 4. The molecular formula is C28H29F2N3O4. The fraction of sp³-hybridized carbons (Fsp3) is 0.429. The van der Waals surface area contributed by atoms with E-state index in [-0.39, 0.29) is 23.5 Å². The average Bonchev–Trinajstić information content (AvgIpc) is 3.53. The van der Waals surface area contributed by atoms with Crippen LogP contribution in [0.3, 0.4) is 0 Å². The first-order valence-electron chi connectivity index (χ1n) is 12.8. The molecule has 4 aromatic rings. The molecule has 1 aliphatic carbocycles. The van der Waals surface area contributed by atoms with Gasteiger partial charge in [0.2, 0.25) is 0 Å². The number of H-pyrrole nitrogens is 1. The van der Waals surface area contributed by atoms with Gasteiger partial charge >= 0.3 is 5.97 Å². The van der Waals surface area contributed by atoms with Gasteiger partial charge in [0.05, 0.1) is 11.7 Å². The van der Waals surface area contributed by atoms with Crippen molar-refractivity contribution in [3.8, 4) is 5.69 Å². The van der Waals surface area contributed by atoms with Crippen molar-refractivity contribution in [2.75, 3.05) is 20.3 Å². The largest absolute Gasteiger partial charge is 0.479 e. The average molecular weight is 510 g/mol. The van der Waals surface area contributed by atoms with Crippen molar-refractivity contribution < 1.29 is 28.2 Å². The number of carbonyl (C=O) groups is 1.